The first-order valence-electron chi connectivity index (χ1n) is 18.2. The fraction of sp³-hybridized carbons (Fsp3) is 0. The van der Waals surface area contributed by atoms with Crippen LogP contribution in [-0.4, -0.2) is 24.9 Å². The van der Waals surface area contributed by atoms with Crippen LogP contribution in [0.4, 0.5) is 0 Å². The van der Waals surface area contributed by atoms with Crippen LogP contribution in [0.25, 0.3) is 99.4 Å². The van der Waals surface area contributed by atoms with Crippen LogP contribution in [0.5, 0.6) is 0 Å². The molecule has 0 spiro atoms. The Morgan fingerprint density at radius 1 is 0.255 bits per heavy atom. The number of hydrogen-bond acceptors (Lipinski definition) is 6. The Bertz CT molecular complexity index is 2830. The molecule has 0 unspecified atom stereocenters. The van der Waals surface area contributed by atoms with Crippen molar-refractivity contribution in [2.24, 2.45) is 0 Å². The van der Waals surface area contributed by atoms with Crippen molar-refractivity contribution in [3.63, 3.8) is 0 Å². The highest BCUT2D eigenvalue weighted by atomic mass is 32.1. The van der Waals surface area contributed by atoms with E-state index in [1.165, 1.54) is 20.2 Å². The van der Waals surface area contributed by atoms with Crippen LogP contribution >= 0.6 is 11.3 Å². The molecule has 258 valence electrons. The molecule has 0 saturated carbocycles. The van der Waals surface area contributed by atoms with Crippen LogP contribution in [0.2, 0.25) is 0 Å². The number of fused-ring (bicyclic) bond motifs is 3. The van der Waals surface area contributed by atoms with Crippen molar-refractivity contribution < 1.29 is 0 Å². The smallest absolute Gasteiger partial charge is 0.164 e. The average Bonchev–Trinajstić information content (AvgIpc) is 3.65. The molecule has 0 aliphatic rings. The minimum atomic E-state index is 0.656. The van der Waals surface area contributed by atoms with Crippen molar-refractivity contribution in [3.8, 4) is 79.2 Å². The average molecular weight is 722 g/mol. The first-order valence-corrected chi connectivity index (χ1v) is 19.0. The van der Waals surface area contributed by atoms with Gasteiger partial charge in [0.1, 0.15) is 0 Å². The molecular weight excluding hydrogens is 691 g/mol. The third-order valence-electron chi connectivity index (χ3n) is 9.77. The van der Waals surface area contributed by atoms with Crippen molar-refractivity contribution in [3.05, 3.63) is 188 Å². The zero-order chi connectivity index (χ0) is 36.6. The molecule has 0 atom stereocenters. The number of benzene rings is 7. The van der Waals surface area contributed by atoms with Gasteiger partial charge < -0.3 is 0 Å². The van der Waals surface area contributed by atoms with Crippen LogP contribution in [0, 0.1) is 0 Å². The van der Waals surface area contributed by atoms with Crippen LogP contribution < -0.4 is 0 Å². The zero-order valence-electron chi connectivity index (χ0n) is 29.5. The van der Waals surface area contributed by atoms with Gasteiger partial charge in [-0.25, -0.2) is 24.9 Å². The van der Waals surface area contributed by atoms with Gasteiger partial charge in [-0.2, -0.15) is 0 Å². The van der Waals surface area contributed by atoms with Gasteiger partial charge in [-0.1, -0.05) is 164 Å². The molecule has 3 aromatic heterocycles. The van der Waals surface area contributed by atoms with Gasteiger partial charge in [0.25, 0.3) is 0 Å². The summed E-state index contributed by atoms with van der Waals surface area (Å²) in [4.78, 5) is 24.7. The molecule has 0 fully saturated rings. The maximum atomic E-state index is 5.02. The van der Waals surface area contributed by atoms with E-state index in [9.17, 15) is 0 Å². The lowest BCUT2D eigenvalue weighted by molar-refractivity contribution is 1.07. The summed E-state index contributed by atoms with van der Waals surface area (Å²) in [5, 5.41) is 2.44. The molecule has 0 amide bonds. The lowest BCUT2D eigenvalue weighted by atomic mass is 10.00. The van der Waals surface area contributed by atoms with Crippen LogP contribution in [0.3, 0.4) is 0 Å². The van der Waals surface area contributed by atoms with Gasteiger partial charge in [0, 0.05) is 53.6 Å². The molecule has 7 aromatic carbocycles. The van der Waals surface area contributed by atoms with E-state index in [4.69, 9.17) is 24.9 Å². The fourth-order valence-corrected chi connectivity index (χ4v) is 8.06. The van der Waals surface area contributed by atoms with Crippen molar-refractivity contribution in [1.29, 1.82) is 0 Å². The van der Waals surface area contributed by atoms with Crippen molar-refractivity contribution >= 4 is 31.5 Å². The Kier molecular flexibility index (Phi) is 8.28. The molecule has 0 aliphatic carbocycles. The third-order valence-corrected chi connectivity index (χ3v) is 10.9. The zero-order valence-corrected chi connectivity index (χ0v) is 30.4. The Hall–Kier alpha value is -7.15. The van der Waals surface area contributed by atoms with Gasteiger partial charge in [0.15, 0.2) is 23.3 Å². The second-order valence-electron chi connectivity index (χ2n) is 13.3. The Morgan fingerprint density at radius 2 is 0.673 bits per heavy atom. The number of nitrogens with zero attached hydrogens (tertiary/aromatic N) is 5. The third kappa shape index (κ3) is 6.45. The van der Waals surface area contributed by atoms with E-state index in [1.54, 1.807) is 11.3 Å². The van der Waals surface area contributed by atoms with Gasteiger partial charge in [-0.15, -0.1) is 11.3 Å². The lowest BCUT2D eigenvalue weighted by Crippen LogP contribution is -1.99. The molecule has 0 radical (unpaired) electrons. The molecule has 0 N–H and O–H groups in total. The SMILES string of the molecule is c1ccc(-c2cc(-c3ccc(-c4ccc5sc6cc(-c7nc(-c8ccccc8)nc(-c8ccccc8)n7)ccc6c5c4)cc3)nc(-c3ccccc3)n2)cc1. The molecule has 0 aliphatic heterocycles. The van der Waals surface area contributed by atoms with Crippen LogP contribution in [0.15, 0.2) is 188 Å². The minimum Gasteiger partial charge on any atom is -0.228 e. The number of aromatic nitrogens is 5. The van der Waals surface area contributed by atoms with E-state index in [0.29, 0.717) is 23.3 Å². The second kappa shape index (κ2) is 14.0. The minimum absolute atomic E-state index is 0.656. The second-order valence-corrected chi connectivity index (χ2v) is 14.4. The van der Waals surface area contributed by atoms with Gasteiger partial charge >= 0.3 is 0 Å². The van der Waals surface area contributed by atoms with Crippen LogP contribution in [-0.2, 0) is 0 Å². The summed E-state index contributed by atoms with van der Waals surface area (Å²) in [6.07, 6.45) is 0. The Morgan fingerprint density at radius 3 is 1.22 bits per heavy atom. The van der Waals surface area contributed by atoms with E-state index >= 15 is 0 Å². The molecule has 10 rings (SSSR count). The standard InChI is InChI=1S/C49H31N5S/c1-5-13-33(14-6-1)42-31-43(51-46(50-42)35-15-7-2-8-16-35)34-23-21-32(22-24-34)38-26-28-44-41(29-38)40-27-25-39(30-45(40)55-44)49-53-47(36-17-9-3-10-18-36)52-48(54-49)37-19-11-4-12-20-37/h1-31H. The molecule has 55 heavy (non-hydrogen) atoms. The van der Waals surface area contributed by atoms with E-state index in [0.717, 1.165) is 55.9 Å². The monoisotopic (exact) mass is 721 g/mol. The molecule has 10 aromatic rings. The topological polar surface area (TPSA) is 64.5 Å². The summed E-state index contributed by atoms with van der Waals surface area (Å²) >= 11 is 1.79. The summed E-state index contributed by atoms with van der Waals surface area (Å²) in [5.41, 5.74) is 10.1. The summed E-state index contributed by atoms with van der Waals surface area (Å²) in [6, 6.07) is 64.7. The lowest BCUT2D eigenvalue weighted by Gasteiger charge is -2.10. The number of rotatable bonds is 7. The summed E-state index contributed by atoms with van der Waals surface area (Å²) < 4.78 is 2.43. The first kappa shape index (κ1) is 32.5. The normalized spacial score (nSPS) is 11.3. The van der Waals surface area contributed by atoms with Gasteiger partial charge in [-0.3, -0.25) is 0 Å². The van der Waals surface area contributed by atoms with Crippen molar-refractivity contribution in [2.75, 3.05) is 0 Å². The molecule has 0 saturated heterocycles. The molecular formula is C49H31N5S. The van der Waals surface area contributed by atoms with E-state index in [1.807, 2.05) is 97.1 Å². The summed E-state index contributed by atoms with van der Waals surface area (Å²) in [5.74, 6) is 2.68. The predicted octanol–water partition coefficient (Wildman–Crippen LogP) is 12.7. The highest BCUT2D eigenvalue weighted by Crippen LogP contribution is 2.39. The van der Waals surface area contributed by atoms with Gasteiger partial charge in [-0.05, 0) is 35.4 Å². The quantitative estimate of drug-likeness (QED) is 0.164. The van der Waals surface area contributed by atoms with Crippen molar-refractivity contribution in [1.82, 2.24) is 24.9 Å². The highest BCUT2D eigenvalue weighted by molar-refractivity contribution is 7.25. The van der Waals surface area contributed by atoms with Crippen LogP contribution in [0.1, 0.15) is 0 Å². The number of hydrogen-bond donors (Lipinski definition) is 0. The van der Waals surface area contributed by atoms with E-state index in [2.05, 4.69) is 91.0 Å². The summed E-state index contributed by atoms with van der Waals surface area (Å²) in [7, 11) is 0. The van der Waals surface area contributed by atoms with Gasteiger partial charge in [0.05, 0.1) is 11.4 Å². The first-order chi connectivity index (χ1) is 27.2. The Balaban J connectivity index is 0.995. The summed E-state index contributed by atoms with van der Waals surface area (Å²) in [6.45, 7) is 0. The largest absolute Gasteiger partial charge is 0.228 e. The maximum absolute atomic E-state index is 5.02. The maximum Gasteiger partial charge on any atom is 0.164 e. The molecule has 6 heteroatoms. The predicted molar refractivity (Wildman–Crippen MR) is 226 cm³/mol. The van der Waals surface area contributed by atoms with Crippen molar-refractivity contribution in [2.45, 2.75) is 0 Å². The van der Waals surface area contributed by atoms with E-state index < -0.39 is 0 Å². The Labute approximate surface area is 322 Å². The van der Waals surface area contributed by atoms with Gasteiger partial charge in [0.2, 0.25) is 0 Å². The molecule has 5 nitrogen and oxygen atoms in total. The molecule has 3 heterocycles. The highest BCUT2D eigenvalue weighted by Gasteiger charge is 2.15. The fourth-order valence-electron chi connectivity index (χ4n) is 6.94. The number of thiophene rings is 1. The molecule has 0 bridgehead atoms. The van der Waals surface area contributed by atoms with E-state index in [-0.39, 0.29) is 0 Å².